The molecular weight excluding hydrogens is 262 g/mol. The van der Waals surface area contributed by atoms with Crippen molar-refractivity contribution in [3.05, 3.63) is 18.2 Å². The van der Waals surface area contributed by atoms with Crippen molar-refractivity contribution in [2.45, 2.75) is 19.4 Å². The van der Waals surface area contributed by atoms with Crippen molar-refractivity contribution < 1.29 is 24.1 Å². The van der Waals surface area contributed by atoms with Gasteiger partial charge in [0.1, 0.15) is 11.5 Å². The van der Waals surface area contributed by atoms with E-state index in [0.29, 0.717) is 18.1 Å². The molecule has 0 aliphatic carbocycles. The zero-order chi connectivity index (χ0) is 15.0. The van der Waals surface area contributed by atoms with Crippen LogP contribution in [0.4, 0.5) is 5.69 Å². The van der Waals surface area contributed by atoms with Gasteiger partial charge in [0.15, 0.2) is 0 Å². The molecule has 0 spiro atoms. The summed E-state index contributed by atoms with van der Waals surface area (Å²) < 4.78 is 15.1. The van der Waals surface area contributed by atoms with Crippen molar-refractivity contribution >= 4 is 11.7 Å². The lowest BCUT2D eigenvalue weighted by Crippen LogP contribution is -2.23. The highest BCUT2D eigenvalue weighted by molar-refractivity contribution is 5.70. The van der Waals surface area contributed by atoms with Gasteiger partial charge in [-0.25, -0.2) is 0 Å². The molecule has 0 amide bonds. The number of aliphatic hydroxyl groups is 1. The van der Waals surface area contributed by atoms with Crippen LogP contribution in [-0.4, -0.2) is 44.6 Å². The van der Waals surface area contributed by atoms with Gasteiger partial charge in [-0.3, -0.25) is 4.79 Å². The fourth-order valence-electron chi connectivity index (χ4n) is 1.63. The third-order valence-electron chi connectivity index (χ3n) is 2.60. The minimum absolute atomic E-state index is 0.0397. The molecule has 1 unspecified atom stereocenters. The van der Waals surface area contributed by atoms with E-state index in [-0.39, 0.29) is 13.0 Å². The number of methoxy groups -OCH3 is 2. The molecule has 6 nitrogen and oxygen atoms in total. The van der Waals surface area contributed by atoms with Crippen LogP contribution in [0.25, 0.3) is 0 Å². The van der Waals surface area contributed by atoms with Crippen molar-refractivity contribution in [2.75, 3.05) is 32.7 Å². The van der Waals surface area contributed by atoms with Crippen molar-refractivity contribution in [3.8, 4) is 11.5 Å². The Morgan fingerprint density at radius 1 is 1.25 bits per heavy atom. The molecule has 6 heteroatoms. The van der Waals surface area contributed by atoms with Gasteiger partial charge in [-0.1, -0.05) is 0 Å². The van der Waals surface area contributed by atoms with E-state index in [1.54, 1.807) is 39.3 Å². The monoisotopic (exact) mass is 283 g/mol. The summed E-state index contributed by atoms with van der Waals surface area (Å²) in [4.78, 5) is 11.2. The van der Waals surface area contributed by atoms with E-state index in [2.05, 4.69) is 5.32 Å². The van der Waals surface area contributed by atoms with Crippen LogP contribution in [0.5, 0.6) is 11.5 Å². The van der Waals surface area contributed by atoms with Gasteiger partial charge in [-0.15, -0.1) is 0 Å². The molecule has 1 atom stereocenters. The van der Waals surface area contributed by atoms with Gasteiger partial charge in [0, 0.05) is 30.4 Å². The van der Waals surface area contributed by atoms with Crippen molar-refractivity contribution in [2.24, 2.45) is 0 Å². The maximum atomic E-state index is 11.2. The maximum absolute atomic E-state index is 11.2. The summed E-state index contributed by atoms with van der Waals surface area (Å²) in [6.45, 7) is 2.27. The van der Waals surface area contributed by atoms with Gasteiger partial charge in [-0.2, -0.15) is 0 Å². The number of carbonyl (C=O) groups is 1. The summed E-state index contributed by atoms with van der Waals surface area (Å²) >= 11 is 0. The number of ether oxygens (including phenoxy) is 3. The van der Waals surface area contributed by atoms with Crippen LogP contribution in [0.15, 0.2) is 18.2 Å². The lowest BCUT2D eigenvalue weighted by atomic mass is 10.2. The highest BCUT2D eigenvalue weighted by atomic mass is 16.5. The Kier molecular flexibility index (Phi) is 6.66. The van der Waals surface area contributed by atoms with E-state index in [4.69, 9.17) is 14.2 Å². The number of esters is 1. The average Bonchev–Trinajstić information content (AvgIpc) is 2.44. The molecule has 0 saturated carbocycles. The molecule has 0 radical (unpaired) electrons. The van der Waals surface area contributed by atoms with Gasteiger partial charge in [0.05, 0.1) is 33.4 Å². The van der Waals surface area contributed by atoms with Crippen LogP contribution >= 0.6 is 0 Å². The van der Waals surface area contributed by atoms with Crippen molar-refractivity contribution in [1.82, 2.24) is 0 Å². The normalized spacial score (nSPS) is 11.6. The minimum Gasteiger partial charge on any atom is -0.497 e. The van der Waals surface area contributed by atoms with Crippen LogP contribution in [-0.2, 0) is 9.53 Å². The molecule has 0 saturated heterocycles. The van der Waals surface area contributed by atoms with Crippen LogP contribution < -0.4 is 14.8 Å². The Morgan fingerprint density at radius 2 is 1.85 bits per heavy atom. The van der Waals surface area contributed by atoms with Crippen LogP contribution in [0.3, 0.4) is 0 Å². The number of hydrogen-bond donors (Lipinski definition) is 2. The third kappa shape index (κ3) is 5.36. The summed E-state index contributed by atoms with van der Waals surface area (Å²) in [5.41, 5.74) is 0.740. The first-order valence-corrected chi connectivity index (χ1v) is 6.39. The fraction of sp³-hybridized carbons (Fsp3) is 0.500. The third-order valence-corrected chi connectivity index (χ3v) is 2.60. The van der Waals surface area contributed by atoms with E-state index in [1.807, 2.05) is 0 Å². The molecule has 0 aliphatic rings. The Hall–Kier alpha value is -1.95. The fourth-order valence-corrected chi connectivity index (χ4v) is 1.63. The SMILES string of the molecule is CCOC(=O)CC(O)CNc1cc(OC)cc(OC)c1. The molecule has 1 aromatic rings. The number of rotatable bonds is 8. The molecule has 0 heterocycles. The average molecular weight is 283 g/mol. The first-order chi connectivity index (χ1) is 9.58. The molecule has 20 heavy (non-hydrogen) atoms. The minimum atomic E-state index is -0.814. The maximum Gasteiger partial charge on any atom is 0.308 e. The highest BCUT2D eigenvalue weighted by Gasteiger charge is 2.11. The van der Waals surface area contributed by atoms with Crippen molar-refractivity contribution in [1.29, 1.82) is 0 Å². The van der Waals surface area contributed by atoms with Crippen LogP contribution in [0.1, 0.15) is 13.3 Å². The number of anilines is 1. The summed E-state index contributed by atoms with van der Waals surface area (Å²) in [5, 5.41) is 12.8. The van der Waals surface area contributed by atoms with E-state index in [9.17, 15) is 9.90 Å². The molecule has 0 bridgehead atoms. The summed E-state index contributed by atoms with van der Waals surface area (Å²) in [7, 11) is 3.13. The van der Waals surface area contributed by atoms with Gasteiger partial charge in [0.2, 0.25) is 0 Å². The van der Waals surface area contributed by atoms with Gasteiger partial charge < -0.3 is 24.6 Å². The second-order valence-corrected chi connectivity index (χ2v) is 4.15. The molecule has 0 fully saturated rings. The number of hydrogen-bond acceptors (Lipinski definition) is 6. The Balaban J connectivity index is 2.54. The topological polar surface area (TPSA) is 77.0 Å². The van der Waals surface area contributed by atoms with Crippen molar-refractivity contribution in [3.63, 3.8) is 0 Å². The molecule has 0 aliphatic heterocycles. The Labute approximate surface area is 118 Å². The molecular formula is C14H21NO5. The van der Waals surface area contributed by atoms with Gasteiger partial charge in [-0.05, 0) is 6.92 Å². The second-order valence-electron chi connectivity index (χ2n) is 4.15. The number of carbonyl (C=O) groups excluding carboxylic acids is 1. The van der Waals surface area contributed by atoms with E-state index in [0.717, 1.165) is 5.69 Å². The smallest absolute Gasteiger partial charge is 0.308 e. The summed E-state index contributed by atoms with van der Waals surface area (Å²) in [6, 6.07) is 5.30. The lowest BCUT2D eigenvalue weighted by Gasteiger charge is -2.14. The van der Waals surface area contributed by atoms with Gasteiger partial charge >= 0.3 is 5.97 Å². The zero-order valence-electron chi connectivity index (χ0n) is 12.0. The first kappa shape index (κ1) is 16.1. The predicted octanol–water partition coefficient (Wildman–Crippen LogP) is 1.43. The molecule has 2 N–H and O–H groups in total. The molecule has 0 aromatic heterocycles. The molecule has 1 aromatic carbocycles. The summed E-state index contributed by atoms with van der Waals surface area (Å²) in [5.74, 6) is 0.878. The Morgan fingerprint density at radius 3 is 2.35 bits per heavy atom. The zero-order valence-corrected chi connectivity index (χ0v) is 12.0. The second kappa shape index (κ2) is 8.27. The standard InChI is InChI=1S/C14H21NO5/c1-4-20-14(17)7-11(16)9-15-10-5-12(18-2)8-13(6-10)19-3/h5-6,8,11,15-16H,4,7,9H2,1-3H3. The largest absolute Gasteiger partial charge is 0.497 e. The number of benzene rings is 1. The molecule has 112 valence electrons. The van der Waals surface area contributed by atoms with Crippen LogP contribution in [0.2, 0.25) is 0 Å². The van der Waals surface area contributed by atoms with Gasteiger partial charge in [0.25, 0.3) is 0 Å². The predicted molar refractivity (Wildman–Crippen MR) is 75.3 cm³/mol. The quantitative estimate of drug-likeness (QED) is 0.703. The summed E-state index contributed by atoms with van der Waals surface area (Å²) in [6.07, 6.45) is -0.853. The lowest BCUT2D eigenvalue weighted by molar-refractivity contribution is -0.145. The Bertz CT molecular complexity index is 413. The van der Waals surface area contributed by atoms with E-state index < -0.39 is 12.1 Å². The number of nitrogens with one attached hydrogen (secondary N) is 1. The first-order valence-electron chi connectivity index (χ1n) is 6.39. The highest BCUT2D eigenvalue weighted by Crippen LogP contribution is 2.25. The van der Waals surface area contributed by atoms with E-state index in [1.165, 1.54) is 0 Å². The van der Waals surface area contributed by atoms with Crippen LogP contribution in [0, 0.1) is 0 Å². The number of aliphatic hydroxyl groups excluding tert-OH is 1. The van der Waals surface area contributed by atoms with E-state index >= 15 is 0 Å². The molecule has 1 rings (SSSR count).